The van der Waals surface area contributed by atoms with Crippen LogP contribution in [-0.4, -0.2) is 6.10 Å². The average Bonchev–Trinajstić information content (AvgIpc) is 2.53. The van der Waals surface area contributed by atoms with Gasteiger partial charge in [0.15, 0.2) is 0 Å². The van der Waals surface area contributed by atoms with Crippen LogP contribution in [0.5, 0.6) is 0 Å². The summed E-state index contributed by atoms with van der Waals surface area (Å²) in [7, 11) is 0. The van der Waals surface area contributed by atoms with Crippen molar-refractivity contribution in [3.8, 4) is 0 Å². The topological polar surface area (TPSA) is 61.3 Å². The molecule has 1 saturated carbocycles. The molecule has 1 aliphatic rings. The molecule has 116 valence electrons. The molecule has 1 aliphatic carbocycles. The van der Waals surface area contributed by atoms with Crippen molar-refractivity contribution < 1.29 is 4.74 Å². The maximum Gasteiger partial charge on any atom is 0.0722 e. The van der Waals surface area contributed by atoms with Crippen molar-refractivity contribution in [1.82, 2.24) is 0 Å². The Balaban J connectivity index is 1.50. The van der Waals surface area contributed by atoms with E-state index in [2.05, 4.69) is 30.3 Å². The number of hydrogen-bond donors (Lipinski definition) is 2. The number of anilines is 2. The molecule has 0 heterocycles. The Morgan fingerprint density at radius 1 is 0.864 bits per heavy atom. The van der Waals surface area contributed by atoms with E-state index >= 15 is 0 Å². The molecule has 3 rings (SSSR count). The van der Waals surface area contributed by atoms with Gasteiger partial charge in [-0.3, -0.25) is 0 Å². The van der Waals surface area contributed by atoms with Gasteiger partial charge in [-0.1, -0.05) is 30.3 Å². The Kier molecular flexibility index (Phi) is 4.64. The van der Waals surface area contributed by atoms with Crippen LogP contribution in [0.2, 0.25) is 0 Å². The Bertz CT molecular complexity index is 584. The molecule has 3 heteroatoms. The minimum atomic E-state index is 0.350. The van der Waals surface area contributed by atoms with Crippen molar-refractivity contribution in [2.45, 2.75) is 44.3 Å². The molecule has 2 aromatic carbocycles. The lowest BCUT2D eigenvalue weighted by Gasteiger charge is -2.29. The Labute approximate surface area is 132 Å². The van der Waals surface area contributed by atoms with Crippen molar-refractivity contribution in [2.24, 2.45) is 0 Å². The zero-order valence-electron chi connectivity index (χ0n) is 12.9. The minimum Gasteiger partial charge on any atom is -0.399 e. The highest BCUT2D eigenvalue weighted by atomic mass is 16.5. The van der Waals surface area contributed by atoms with Crippen LogP contribution < -0.4 is 11.5 Å². The van der Waals surface area contributed by atoms with Crippen molar-refractivity contribution in [2.75, 3.05) is 11.5 Å². The van der Waals surface area contributed by atoms with Crippen LogP contribution in [0.3, 0.4) is 0 Å². The molecule has 0 aliphatic heterocycles. The minimum absolute atomic E-state index is 0.350. The number of rotatable bonds is 4. The average molecular weight is 296 g/mol. The van der Waals surface area contributed by atoms with E-state index in [9.17, 15) is 0 Å². The van der Waals surface area contributed by atoms with Gasteiger partial charge in [-0.25, -0.2) is 0 Å². The standard InChI is InChI=1S/C19H24N2O/c20-17-10-14(11-18(21)12-17)13-22-19-8-6-16(7-9-19)15-4-2-1-3-5-15/h1-5,10-12,16,19H,6-9,13,20-21H2. The van der Waals surface area contributed by atoms with Crippen LogP contribution in [0.25, 0.3) is 0 Å². The quantitative estimate of drug-likeness (QED) is 0.835. The zero-order valence-corrected chi connectivity index (χ0v) is 12.9. The fourth-order valence-electron chi connectivity index (χ4n) is 3.33. The second-order valence-electron chi connectivity index (χ2n) is 6.20. The lowest BCUT2D eigenvalue weighted by molar-refractivity contribution is 0.0134. The summed E-state index contributed by atoms with van der Waals surface area (Å²) in [4.78, 5) is 0. The highest BCUT2D eigenvalue weighted by molar-refractivity contribution is 5.54. The lowest BCUT2D eigenvalue weighted by atomic mass is 9.83. The number of nitrogens with two attached hydrogens (primary N) is 2. The first kappa shape index (κ1) is 14.9. The normalized spacial score (nSPS) is 21.6. The van der Waals surface area contributed by atoms with Crippen molar-refractivity contribution in [3.63, 3.8) is 0 Å². The Morgan fingerprint density at radius 2 is 1.50 bits per heavy atom. The van der Waals surface area contributed by atoms with E-state index < -0.39 is 0 Å². The highest BCUT2D eigenvalue weighted by Gasteiger charge is 2.22. The molecule has 0 spiro atoms. The fraction of sp³-hybridized carbons (Fsp3) is 0.368. The van der Waals surface area contributed by atoms with Crippen LogP contribution >= 0.6 is 0 Å². The number of ether oxygens (including phenoxy) is 1. The predicted molar refractivity (Wildman–Crippen MR) is 91.5 cm³/mol. The van der Waals surface area contributed by atoms with Crippen molar-refractivity contribution in [3.05, 3.63) is 59.7 Å². The summed E-state index contributed by atoms with van der Waals surface area (Å²) >= 11 is 0. The summed E-state index contributed by atoms with van der Waals surface area (Å²) in [6, 6.07) is 16.5. The van der Waals surface area contributed by atoms with E-state index in [1.807, 2.05) is 12.1 Å². The van der Waals surface area contributed by atoms with Gasteiger partial charge >= 0.3 is 0 Å². The molecule has 0 amide bonds. The van der Waals surface area contributed by atoms with Crippen molar-refractivity contribution >= 4 is 11.4 Å². The van der Waals surface area contributed by atoms with Crippen molar-refractivity contribution in [1.29, 1.82) is 0 Å². The summed E-state index contributed by atoms with van der Waals surface area (Å²) in [5.41, 5.74) is 15.6. The van der Waals surface area contributed by atoms with Crippen LogP contribution in [0.4, 0.5) is 11.4 Å². The lowest BCUT2D eigenvalue weighted by Crippen LogP contribution is -2.20. The van der Waals surface area contributed by atoms with Crippen LogP contribution in [0.1, 0.15) is 42.7 Å². The summed E-state index contributed by atoms with van der Waals surface area (Å²) in [6.07, 6.45) is 5.00. The molecule has 0 atom stereocenters. The first-order valence-corrected chi connectivity index (χ1v) is 8.02. The number of benzene rings is 2. The molecular formula is C19H24N2O. The summed E-state index contributed by atoms with van der Waals surface area (Å²) in [6.45, 7) is 0.593. The van der Waals surface area contributed by atoms with E-state index in [0.29, 0.717) is 30.0 Å². The van der Waals surface area contributed by atoms with Gasteiger partial charge in [0.05, 0.1) is 12.7 Å². The summed E-state index contributed by atoms with van der Waals surface area (Å²) < 4.78 is 6.05. The van der Waals surface area contributed by atoms with Crippen LogP contribution in [0, 0.1) is 0 Å². The third-order valence-electron chi connectivity index (χ3n) is 4.47. The molecular weight excluding hydrogens is 272 g/mol. The summed E-state index contributed by atoms with van der Waals surface area (Å²) in [5, 5.41) is 0. The van der Waals surface area contributed by atoms with Gasteiger partial charge in [0, 0.05) is 11.4 Å². The molecule has 0 saturated heterocycles. The molecule has 0 unspecified atom stereocenters. The van der Waals surface area contributed by atoms with Gasteiger partial charge < -0.3 is 16.2 Å². The maximum atomic E-state index is 6.05. The second kappa shape index (κ2) is 6.84. The first-order valence-electron chi connectivity index (χ1n) is 8.02. The van der Waals surface area contributed by atoms with E-state index in [1.54, 1.807) is 6.07 Å². The van der Waals surface area contributed by atoms with Gasteiger partial charge in [-0.05, 0) is 60.9 Å². The molecule has 4 N–H and O–H groups in total. The zero-order chi connectivity index (χ0) is 15.4. The van der Waals surface area contributed by atoms with Gasteiger partial charge in [0.2, 0.25) is 0 Å². The molecule has 0 aromatic heterocycles. The van der Waals surface area contributed by atoms with Gasteiger partial charge in [-0.2, -0.15) is 0 Å². The van der Waals surface area contributed by atoms with E-state index in [0.717, 1.165) is 18.4 Å². The van der Waals surface area contributed by atoms with Crippen LogP contribution in [0.15, 0.2) is 48.5 Å². The molecule has 2 aromatic rings. The molecule has 22 heavy (non-hydrogen) atoms. The van der Waals surface area contributed by atoms with Gasteiger partial charge in [0.1, 0.15) is 0 Å². The maximum absolute atomic E-state index is 6.05. The smallest absolute Gasteiger partial charge is 0.0722 e. The summed E-state index contributed by atoms with van der Waals surface area (Å²) in [5.74, 6) is 0.684. The third kappa shape index (κ3) is 3.80. The molecule has 0 bridgehead atoms. The van der Waals surface area contributed by atoms with Gasteiger partial charge in [-0.15, -0.1) is 0 Å². The van der Waals surface area contributed by atoms with E-state index in [-0.39, 0.29) is 0 Å². The van der Waals surface area contributed by atoms with E-state index in [1.165, 1.54) is 18.4 Å². The van der Waals surface area contributed by atoms with Crippen LogP contribution in [-0.2, 0) is 11.3 Å². The van der Waals surface area contributed by atoms with Gasteiger partial charge in [0.25, 0.3) is 0 Å². The number of nitrogen functional groups attached to an aromatic ring is 2. The van der Waals surface area contributed by atoms with E-state index in [4.69, 9.17) is 16.2 Å². The predicted octanol–water partition coefficient (Wildman–Crippen LogP) is 4.09. The number of hydrogen-bond acceptors (Lipinski definition) is 3. The Hall–Kier alpha value is -2.00. The molecule has 3 nitrogen and oxygen atoms in total. The molecule has 0 radical (unpaired) electrons. The fourth-order valence-corrected chi connectivity index (χ4v) is 3.33. The monoisotopic (exact) mass is 296 g/mol. The SMILES string of the molecule is Nc1cc(N)cc(COC2CCC(c3ccccc3)CC2)c1. The second-order valence-corrected chi connectivity index (χ2v) is 6.20. The third-order valence-corrected chi connectivity index (χ3v) is 4.47. The Morgan fingerprint density at radius 3 is 2.14 bits per heavy atom. The molecule has 1 fully saturated rings. The first-order chi connectivity index (χ1) is 10.7. The largest absolute Gasteiger partial charge is 0.399 e. The highest BCUT2D eigenvalue weighted by Crippen LogP contribution is 2.34.